The maximum Gasteiger partial charge on any atom is 0 e. The minimum absolute atomic E-state index is 0. The number of benzene rings is 3. The van der Waals surface area contributed by atoms with Gasteiger partial charge in [-0.25, -0.2) is 45.9 Å². The molecule has 0 saturated carbocycles. The number of rotatable bonds is 12. The van der Waals surface area contributed by atoms with Crippen molar-refractivity contribution in [3.63, 3.8) is 0 Å². The summed E-state index contributed by atoms with van der Waals surface area (Å²) in [5.41, 5.74) is 11.1. The molecule has 0 fully saturated rings. The standard InChI is InChI=1S/C18H16ClF2N2O3.C12H9ClF2N2O.C7H5BrF2.C6H9ClO3.C5H5ClN2O.6HI.3V/c1-3-25-18(24)16-10(2)22-17-15(7-11(19)8-23(16)17)26-9-12-13(20)5-4-6-14(12)21;13-7-4-11(12(16)17-5-7)18-6-8-9(14)2-1-3-10(8)15;8-4-5-6(9)2-1-3-7(5)10;1-3-10-6(9)5(7)4(2)8;6-3-1-4(9)5(7)8-2-3;;;;;;;;;/h4-8,10H,3,9H2,1-2H3;1-5H,6H2,(H2,16,17);1-3H,4H2;5H,3H2,1-2H3;1-2,9H,(H2,7,8);6*1H;;;/q+1;;;;;;;;;;;;+2;+3/p-5. The van der Waals surface area contributed by atoms with E-state index < -0.39 is 58.3 Å². The number of alkyl halides is 2. The van der Waals surface area contributed by atoms with Crippen molar-refractivity contribution in [2.75, 3.05) is 24.7 Å². The van der Waals surface area contributed by atoms with Crippen LogP contribution in [0.3, 0.4) is 0 Å². The average Bonchev–Trinajstić information content (AvgIpc) is 3.72. The fourth-order valence-electron chi connectivity index (χ4n) is 5.53. The number of ketones is 1. The number of nitrogens with two attached hydrogens (primary N) is 2. The van der Waals surface area contributed by atoms with Crippen molar-refractivity contribution in [3.8, 4) is 17.2 Å². The van der Waals surface area contributed by atoms with Crippen LogP contribution in [0.15, 0.2) is 96.4 Å². The van der Waals surface area contributed by atoms with E-state index in [1.54, 1.807) is 20.8 Å². The molecule has 14 nitrogen and oxygen atoms in total. The molecule has 5 N–H and O–H groups in total. The van der Waals surface area contributed by atoms with Crippen LogP contribution in [-0.2, 0) is 75.3 Å². The molecule has 1 aliphatic rings. The summed E-state index contributed by atoms with van der Waals surface area (Å²) in [7, 11) is 0.628. The van der Waals surface area contributed by atoms with Gasteiger partial charge in [-0.1, -0.05) is 73.9 Å². The average molecular weight is 2080 g/mol. The Morgan fingerprint density at radius 1 is 0.744 bits per heavy atom. The van der Waals surface area contributed by atoms with Crippen LogP contribution in [0, 0.1) is 40.6 Å². The Hall–Kier alpha value is -0.257. The molecular weight excluding hydrogens is 2040 g/mol. The van der Waals surface area contributed by atoms with Gasteiger partial charge in [-0.3, -0.25) is 4.79 Å². The van der Waals surface area contributed by atoms with Crippen molar-refractivity contribution in [2.45, 2.75) is 57.7 Å². The first-order valence-corrected chi connectivity index (χ1v) is 47.0. The topological polar surface area (TPSA) is 204 Å². The molecule has 0 bridgehead atoms. The predicted octanol–water partition coefficient (Wildman–Crippen LogP) is 15.3. The number of halogens is 17. The van der Waals surface area contributed by atoms with Gasteiger partial charge in [-0.2, -0.15) is 4.24 Å². The zero-order valence-corrected chi connectivity index (χ0v) is 64.3. The van der Waals surface area contributed by atoms with Gasteiger partial charge in [0.05, 0.1) is 39.4 Å². The molecule has 0 spiro atoms. The largest absolute Gasteiger partial charge is 0 e. The van der Waals surface area contributed by atoms with E-state index in [0.29, 0.717) is 30.7 Å². The number of aromatic hydroxyl groups is 1. The number of nitrogen functional groups attached to an aromatic ring is 2. The molecular formula is C48H45BrCl4F6I6N6O8V3+. The monoisotopic (exact) mass is 2080 g/mol. The van der Waals surface area contributed by atoms with Crippen molar-refractivity contribution in [2.24, 2.45) is 4.99 Å². The molecule has 3 aromatic carbocycles. The Kier molecular flexibility index (Phi) is 46.9. The number of Topliss-reactive ketones (excluding diaryl/α,β-unsaturated/α-hetero) is 1. The predicted molar refractivity (Wildman–Crippen MR) is 349 cm³/mol. The summed E-state index contributed by atoms with van der Waals surface area (Å²) in [4.78, 5) is 44.7. The second-order valence-corrected chi connectivity index (χ2v) is 64.0. The molecule has 0 aliphatic carbocycles. The minimum Gasteiger partial charge on any atom is 0 e. The third kappa shape index (κ3) is 31.3. The Labute approximate surface area is 592 Å². The molecule has 82 heavy (non-hydrogen) atoms. The Morgan fingerprint density at radius 3 is 1.51 bits per heavy atom. The number of nitrogens with zero attached hydrogens (tertiary/aromatic N) is 4. The van der Waals surface area contributed by atoms with E-state index in [9.17, 15) is 40.7 Å². The van der Waals surface area contributed by atoms with Gasteiger partial charge in [0, 0.05) is 60.0 Å². The molecule has 6 aromatic rings. The number of ether oxygens (including phenoxy) is 4. The molecule has 4 heterocycles. The van der Waals surface area contributed by atoms with Gasteiger partial charge in [-0.15, -0.1) is 35.6 Å². The quantitative estimate of drug-likeness (QED) is 0.0261. The summed E-state index contributed by atoms with van der Waals surface area (Å²) in [5.74, 6) is -4.83. The van der Waals surface area contributed by atoms with Crippen LogP contribution in [0.1, 0.15) is 44.4 Å². The number of carbonyl (C=O) groups excluding carboxylic acids is 3. The molecule has 3 aromatic heterocycles. The van der Waals surface area contributed by atoms with Gasteiger partial charge in [0.25, 0.3) is 0 Å². The molecule has 1 radical (unpaired) electrons. The van der Waals surface area contributed by atoms with Crippen LogP contribution in [0.5, 0.6) is 17.2 Å². The van der Waals surface area contributed by atoms with E-state index in [2.05, 4.69) is 136 Å². The zero-order valence-electron chi connectivity index (χ0n) is 42.4. The number of esters is 2. The second-order valence-electron chi connectivity index (χ2n) is 14.5. The Morgan fingerprint density at radius 2 is 1.13 bits per heavy atom. The van der Waals surface area contributed by atoms with Crippen molar-refractivity contribution < 1.29 is 102 Å². The van der Waals surface area contributed by atoms with E-state index >= 15 is 0 Å². The van der Waals surface area contributed by atoms with E-state index in [0.717, 1.165) is 24.3 Å². The molecule has 7 rings (SSSR count). The summed E-state index contributed by atoms with van der Waals surface area (Å²) in [6.07, 6.45) is 4.25. The molecule has 2 atom stereocenters. The summed E-state index contributed by atoms with van der Waals surface area (Å²) < 4.78 is 101. The number of pyridine rings is 3. The van der Waals surface area contributed by atoms with Crippen LogP contribution in [0.25, 0.3) is 0 Å². The minimum atomic E-state index is -1.14. The third-order valence-corrected chi connectivity index (χ3v) is 10.7. The second kappa shape index (κ2) is 45.9. The molecule has 0 saturated heterocycles. The van der Waals surface area contributed by atoms with E-state index in [1.165, 1.54) is 78.3 Å². The van der Waals surface area contributed by atoms with Gasteiger partial charge in [0.1, 0.15) is 54.3 Å². The molecule has 34 heteroatoms. The van der Waals surface area contributed by atoms with Crippen LogP contribution in [-0.4, -0.2) is 57.4 Å². The van der Waals surface area contributed by atoms with Crippen LogP contribution in [0.4, 0.5) is 38.0 Å². The first-order valence-electron chi connectivity index (χ1n) is 21.8. The molecule has 2 unspecified atom stereocenters. The van der Waals surface area contributed by atoms with Crippen molar-refractivity contribution in [1.29, 1.82) is 0 Å². The Balaban J connectivity index is 0. The Bertz CT molecular complexity index is 3080. The number of hydrogen-bond donors (Lipinski definition) is 3. The van der Waals surface area contributed by atoms with Gasteiger partial charge < -0.3 is 35.5 Å². The SMILES string of the molecule is CCOC(=O)C(Cl)C(C)=O.CCOC(=O)C1=[n+]2cc(Cl)cc(OCc3c(F)cccc3F)c2=NC1C.Fc1cccc(F)c1CBr.I.Nc1ncc(Cl)cc1O.Nc1ncc(Cl)cc1OCc1c(F)cccc1F.[I][V]([I])[I].[I][V][I].[V]. The van der Waals surface area contributed by atoms with Gasteiger partial charge in [0.15, 0.2) is 34.3 Å². The maximum atomic E-state index is 13.8. The van der Waals surface area contributed by atoms with Crippen LogP contribution >= 0.6 is 186 Å². The third-order valence-electron chi connectivity index (χ3n) is 9.05. The van der Waals surface area contributed by atoms with E-state index in [-0.39, 0.29) is 136 Å². The summed E-state index contributed by atoms with van der Waals surface area (Å²) >= 11 is 37.7. The fourth-order valence-corrected chi connectivity index (χ4v) is 6.63. The van der Waals surface area contributed by atoms with Crippen molar-refractivity contribution >= 4 is 216 Å². The summed E-state index contributed by atoms with van der Waals surface area (Å²) in [5, 5.41) is 8.89. The number of anilines is 2. The first-order chi connectivity index (χ1) is 37.7. The van der Waals surface area contributed by atoms with E-state index in [4.69, 9.17) is 77.2 Å². The zero-order chi connectivity index (χ0) is 60.8. The smallest absolute Gasteiger partial charge is 0 e. The van der Waals surface area contributed by atoms with Crippen molar-refractivity contribution in [1.82, 2.24) is 9.97 Å². The molecule has 1 aliphatic heterocycles. The molecule has 0 amide bonds. The fraction of sp³-hybridized carbons (Fsp3) is 0.229. The summed E-state index contributed by atoms with van der Waals surface area (Å²) in [6.45, 7) is 6.17. The molecule has 448 valence electrons. The van der Waals surface area contributed by atoms with Gasteiger partial charge in [-0.05, 0) is 64.1 Å². The van der Waals surface area contributed by atoms with Crippen molar-refractivity contribution in [3.05, 3.63) is 169 Å². The number of fused-ring (bicyclic) bond motifs is 1. The maximum absolute atomic E-state index is 13.8. The van der Waals surface area contributed by atoms with Crippen LogP contribution in [0.2, 0.25) is 15.1 Å². The van der Waals surface area contributed by atoms with E-state index in [1.807, 2.05) is 0 Å². The van der Waals surface area contributed by atoms with Gasteiger partial charge in [0.2, 0.25) is 17.5 Å². The number of carbonyl (C=O) groups is 3. The summed E-state index contributed by atoms with van der Waals surface area (Å²) in [6, 6.07) is 14.8. The first kappa shape index (κ1) is 83.8. The van der Waals surface area contributed by atoms with Gasteiger partial charge >= 0.3 is 132 Å². The number of hydrogen-bond acceptors (Lipinski definition) is 13. The number of aromatic nitrogens is 3. The van der Waals surface area contributed by atoms with Crippen LogP contribution < -0.4 is 30.7 Å². The normalized spacial score (nSPS) is 11.5.